The highest BCUT2D eigenvalue weighted by molar-refractivity contribution is 5.11. The van der Waals surface area contributed by atoms with E-state index < -0.39 is 0 Å². The first-order valence-corrected chi connectivity index (χ1v) is 4.55. The maximum atomic E-state index is 3.62. The van der Waals surface area contributed by atoms with E-state index in [-0.39, 0.29) is 0 Å². The molecule has 0 bridgehead atoms. The summed E-state index contributed by atoms with van der Waals surface area (Å²) in [6, 6.07) is 0. The van der Waals surface area contributed by atoms with Crippen LogP contribution in [0.25, 0.3) is 0 Å². The molecule has 0 aliphatic rings. The molecular formula is C13H16. The van der Waals surface area contributed by atoms with Gasteiger partial charge in [0, 0.05) is 12.8 Å². The van der Waals surface area contributed by atoms with Crippen LogP contribution in [0.4, 0.5) is 0 Å². The molecular weight excluding hydrogens is 156 g/mol. The zero-order valence-corrected chi connectivity index (χ0v) is 8.10. The summed E-state index contributed by atoms with van der Waals surface area (Å²) < 4.78 is 0. The second kappa shape index (κ2) is 10.6. The molecule has 0 saturated heterocycles. The average Bonchev–Trinajstić information content (AvgIpc) is 2.16. The topological polar surface area (TPSA) is 0 Å². The van der Waals surface area contributed by atoms with E-state index in [0.29, 0.717) is 6.42 Å². The zero-order valence-electron chi connectivity index (χ0n) is 8.10. The molecule has 0 aromatic carbocycles. The van der Waals surface area contributed by atoms with Crippen molar-refractivity contribution in [2.24, 2.45) is 0 Å². The van der Waals surface area contributed by atoms with Gasteiger partial charge in [-0.3, -0.25) is 0 Å². The van der Waals surface area contributed by atoms with Crippen molar-refractivity contribution in [3.05, 3.63) is 25.3 Å². The summed E-state index contributed by atoms with van der Waals surface area (Å²) in [5.41, 5.74) is 0. The Kier molecular flexibility index (Phi) is 9.46. The molecule has 0 nitrogen and oxygen atoms in total. The third-order valence-corrected chi connectivity index (χ3v) is 1.37. The van der Waals surface area contributed by atoms with Crippen LogP contribution in [-0.2, 0) is 0 Å². The van der Waals surface area contributed by atoms with Crippen LogP contribution in [-0.4, -0.2) is 0 Å². The van der Waals surface area contributed by atoms with Gasteiger partial charge in [-0.15, -0.1) is 25.0 Å². The molecule has 0 atom stereocenters. The minimum absolute atomic E-state index is 0.689. The predicted molar refractivity (Wildman–Crippen MR) is 59.0 cm³/mol. The monoisotopic (exact) mass is 172 g/mol. The number of hydrogen-bond acceptors (Lipinski definition) is 0. The SMILES string of the molecule is C=CCCC#CCC#CCCC=C. The van der Waals surface area contributed by atoms with E-state index in [9.17, 15) is 0 Å². The van der Waals surface area contributed by atoms with Gasteiger partial charge in [0.25, 0.3) is 0 Å². The molecule has 0 heterocycles. The molecule has 0 spiro atoms. The Bertz CT molecular complexity index is 221. The van der Waals surface area contributed by atoms with Crippen LogP contribution in [0, 0.1) is 23.7 Å². The van der Waals surface area contributed by atoms with Crippen molar-refractivity contribution in [1.29, 1.82) is 0 Å². The highest BCUT2D eigenvalue weighted by Crippen LogP contribution is 1.87. The average molecular weight is 172 g/mol. The van der Waals surface area contributed by atoms with Gasteiger partial charge in [-0.2, -0.15) is 0 Å². The van der Waals surface area contributed by atoms with Gasteiger partial charge in [-0.25, -0.2) is 0 Å². The molecule has 0 aliphatic heterocycles. The van der Waals surface area contributed by atoms with Gasteiger partial charge in [0.15, 0.2) is 0 Å². The van der Waals surface area contributed by atoms with E-state index >= 15 is 0 Å². The Hall–Kier alpha value is -1.40. The molecule has 0 rings (SSSR count). The smallest absolute Gasteiger partial charge is 0.0702 e. The lowest BCUT2D eigenvalue weighted by atomic mass is 10.3. The number of hydrogen-bond donors (Lipinski definition) is 0. The number of allylic oxidation sites excluding steroid dienone is 2. The standard InChI is InChI=1S/C13H16/c1-3-5-7-9-11-13-12-10-8-6-4-2/h3-4H,1-2,5-8,13H2. The molecule has 0 radical (unpaired) electrons. The van der Waals surface area contributed by atoms with Crippen LogP contribution >= 0.6 is 0 Å². The summed E-state index contributed by atoms with van der Waals surface area (Å²) in [6.07, 6.45) is 8.19. The molecule has 0 aromatic heterocycles. The lowest BCUT2D eigenvalue weighted by Gasteiger charge is -1.79. The first-order chi connectivity index (χ1) is 6.41. The second-order valence-corrected chi connectivity index (χ2v) is 2.54. The van der Waals surface area contributed by atoms with Gasteiger partial charge >= 0.3 is 0 Å². The normalized spacial score (nSPS) is 7.38. The minimum atomic E-state index is 0.689. The van der Waals surface area contributed by atoms with Crippen LogP contribution in [0.2, 0.25) is 0 Å². The van der Waals surface area contributed by atoms with Crippen molar-refractivity contribution < 1.29 is 0 Å². The van der Waals surface area contributed by atoms with Crippen LogP contribution in [0.5, 0.6) is 0 Å². The Morgan fingerprint density at radius 2 is 1.23 bits per heavy atom. The summed E-state index contributed by atoms with van der Waals surface area (Å²) >= 11 is 0. The van der Waals surface area contributed by atoms with Gasteiger partial charge in [-0.05, 0) is 12.8 Å². The molecule has 0 aliphatic carbocycles. The van der Waals surface area contributed by atoms with E-state index in [1.807, 2.05) is 12.2 Å². The first-order valence-electron chi connectivity index (χ1n) is 4.55. The lowest BCUT2D eigenvalue weighted by molar-refractivity contribution is 1.08. The molecule has 0 heteroatoms. The second-order valence-electron chi connectivity index (χ2n) is 2.54. The molecule has 0 amide bonds. The predicted octanol–water partition coefficient (Wildman–Crippen LogP) is 3.32. The Morgan fingerprint density at radius 3 is 1.62 bits per heavy atom. The van der Waals surface area contributed by atoms with Crippen molar-refractivity contribution in [2.45, 2.75) is 32.1 Å². The maximum absolute atomic E-state index is 3.62. The fourth-order valence-corrected chi connectivity index (χ4v) is 0.694. The number of rotatable bonds is 4. The third kappa shape index (κ3) is 10.6. The molecule has 0 aromatic rings. The third-order valence-electron chi connectivity index (χ3n) is 1.37. The van der Waals surface area contributed by atoms with Crippen LogP contribution in [0.3, 0.4) is 0 Å². The van der Waals surface area contributed by atoms with Gasteiger partial charge < -0.3 is 0 Å². The van der Waals surface area contributed by atoms with Gasteiger partial charge in [0.1, 0.15) is 0 Å². The fourth-order valence-electron chi connectivity index (χ4n) is 0.694. The summed E-state index contributed by atoms with van der Waals surface area (Å²) in [5, 5.41) is 0. The van der Waals surface area contributed by atoms with Crippen molar-refractivity contribution in [3.8, 4) is 23.7 Å². The molecule has 0 N–H and O–H groups in total. The highest BCUT2D eigenvalue weighted by Gasteiger charge is 1.73. The van der Waals surface area contributed by atoms with Crippen LogP contribution in [0.15, 0.2) is 25.3 Å². The van der Waals surface area contributed by atoms with Crippen molar-refractivity contribution in [3.63, 3.8) is 0 Å². The maximum Gasteiger partial charge on any atom is 0.0702 e. The zero-order chi connectivity index (χ0) is 9.78. The van der Waals surface area contributed by atoms with Crippen molar-refractivity contribution in [2.75, 3.05) is 0 Å². The molecule has 0 fully saturated rings. The van der Waals surface area contributed by atoms with E-state index in [2.05, 4.69) is 36.8 Å². The Balaban J connectivity index is 3.37. The summed E-state index contributed by atoms with van der Waals surface area (Å²) in [4.78, 5) is 0. The van der Waals surface area contributed by atoms with Gasteiger partial charge in [-0.1, -0.05) is 24.0 Å². The van der Waals surface area contributed by atoms with Crippen LogP contribution in [0.1, 0.15) is 32.1 Å². The first kappa shape index (κ1) is 11.6. The Morgan fingerprint density at radius 1 is 0.769 bits per heavy atom. The largest absolute Gasteiger partial charge is 0.103 e. The van der Waals surface area contributed by atoms with Crippen LogP contribution < -0.4 is 0 Å². The van der Waals surface area contributed by atoms with Crippen molar-refractivity contribution in [1.82, 2.24) is 0 Å². The van der Waals surface area contributed by atoms with E-state index in [4.69, 9.17) is 0 Å². The quantitative estimate of drug-likeness (QED) is 0.347. The molecule has 13 heavy (non-hydrogen) atoms. The van der Waals surface area contributed by atoms with Crippen molar-refractivity contribution >= 4 is 0 Å². The fraction of sp³-hybridized carbons (Fsp3) is 0.385. The van der Waals surface area contributed by atoms with Gasteiger partial charge in [0.05, 0.1) is 6.42 Å². The molecule has 68 valence electrons. The summed E-state index contributed by atoms with van der Waals surface area (Å²) in [6.45, 7) is 7.25. The van der Waals surface area contributed by atoms with E-state index in [0.717, 1.165) is 25.7 Å². The van der Waals surface area contributed by atoms with E-state index in [1.165, 1.54) is 0 Å². The highest BCUT2D eigenvalue weighted by atomic mass is 13.8. The summed E-state index contributed by atoms with van der Waals surface area (Å²) in [5.74, 6) is 12.1. The lowest BCUT2D eigenvalue weighted by Crippen LogP contribution is -1.66. The molecule has 0 saturated carbocycles. The minimum Gasteiger partial charge on any atom is -0.103 e. The van der Waals surface area contributed by atoms with E-state index in [1.54, 1.807) is 0 Å². The van der Waals surface area contributed by atoms with Gasteiger partial charge in [0.2, 0.25) is 0 Å². The Labute approximate surface area is 81.7 Å². The number of unbranched alkanes of at least 4 members (excludes halogenated alkanes) is 2. The summed E-state index contributed by atoms with van der Waals surface area (Å²) in [7, 11) is 0. The molecule has 0 unspecified atom stereocenters.